The molecule has 5 rings (SSSR count). The minimum absolute atomic E-state index is 0.0887. The molecule has 244 valence electrons. The number of benzene rings is 3. The summed E-state index contributed by atoms with van der Waals surface area (Å²) in [5, 5.41) is 16.6. The smallest absolute Gasteiger partial charge is 0.407 e. The third kappa shape index (κ3) is 8.20. The second-order valence-corrected chi connectivity index (χ2v) is 12.1. The van der Waals surface area contributed by atoms with Crippen molar-refractivity contribution in [3.8, 4) is 11.5 Å². The summed E-state index contributed by atoms with van der Waals surface area (Å²) in [6, 6.07) is 18.9. The maximum absolute atomic E-state index is 14.4. The molecule has 0 bridgehead atoms. The number of para-hydroxylation sites is 1. The highest BCUT2D eigenvalue weighted by atomic mass is 35.5. The molecule has 1 saturated carbocycles. The van der Waals surface area contributed by atoms with E-state index in [1.54, 1.807) is 12.1 Å². The van der Waals surface area contributed by atoms with E-state index in [9.17, 15) is 14.7 Å². The molecule has 10 heteroatoms. The number of aliphatic hydroxyl groups excluding tert-OH is 1. The summed E-state index contributed by atoms with van der Waals surface area (Å²) < 4.78 is 17.1. The zero-order valence-electron chi connectivity index (χ0n) is 26.6. The third-order valence-corrected chi connectivity index (χ3v) is 8.70. The van der Waals surface area contributed by atoms with Gasteiger partial charge in [0.05, 0.1) is 12.6 Å². The van der Waals surface area contributed by atoms with E-state index in [0.717, 1.165) is 52.0 Å². The molecule has 1 aliphatic carbocycles. The summed E-state index contributed by atoms with van der Waals surface area (Å²) >= 11 is 6.59. The van der Waals surface area contributed by atoms with Gasteiger partial charge in [0.2, 0.25) is 0 Å². The minimum Gasteiger partial charge on any atom is -0.490 e. The summed E-state index contributed by atoms with van der Waals surface area (Å²) in [5.41, 5.74) is 6.14. The summed E-state index contributed by atoms with van der Waals surface area (Å²) in [7, 11) is 1.50. The molecule has 2 aliphatic rings. The Balaban J connectivity index is 1.32. The second kappa shape index (κ2) is 15.5. The molecule has 2 amide bonds. The van der Waals surface area contributed by atoms with Crippen molar-refractivity contribution in [2.75, 3.05) is 33.4 Å². The number of amides is 2. The van der Waals surface area contributed by atoms with Crippen molar-refractivity contribution in [2.24, 2.45) is 0 Å². The number of aliphatic hydroxyl groups is 1. The van der Waals surface area contributed by atoms with Gasteiger partial charge in [-0.05, 0) is 97.3 Å². The molecular weight excluding hydrogens is 606 g/mol. The van der Waals surface area contributed by atoms with Crippen LogP contribution in [0.15, 0.2) is 66.2 Å². The van der Waals surface area contributed by atoms with Crippen molar-refractivity contribution in [3.63, 3.8) is 0 Å². The van der Waals surface area contributed by atoms with E-state index in [1.165, 1.54) is 7.05 Å². The molecule has 0 radical (unpaired) electrons. The molecule has 1 atom stereocenters. The molecule has 1 heterocycles. The van der Waals surface area contributed by atoms with Crippen molar-refractivity contribution in [1.29, 1.82) is 0 Å². The fourth-order valence-electron chi connectivity index (χ4n) is 5.79. The number of hydrogen-bond acceptors (Lipinski definition) is 7. The van der Waals surface area contributed by atoms with Gasteiger partial charge in [0.1, 0.15) is 31.3 Å². The van der Waals surface area contributed by atoms with E-state index in [0.29, 0.717) is 49.1 Å². The third-order valence-electron chi connectivity index (χ3n) is 8.34. The van der Waals surface area contributed by atoms with Crippen LogP contribution in [0.2, 0.25) is 5.02 Å². The van der Waals surface area contributed by atoms with Gasteiger partial charge in [-0.2, -0.15) is 0 Å². The number of carbonyl (C=O) groups is 2. The van der Waals surface area contributed by atoms with Crippen LogP contribution in [0.1, 0.15) is 47.1 Å². The lowest BCUT2D eigenvalue weighted by Crippen LogP contribution is -2.46. The largest absolute Gasteiger partial charge is 0.490 e. The molecule has 1 aliphatic heterocycles. The monoisotopic (exact) mass is 647 g/mol. The molecule has 0 aromatic heterocycles. The van der Waals surface area contributed by atoms with Gasteiger partial charge in [0.15, 0.2) is 0 Å². The first kappa shape index (κ1) is 33.3. The lowest BCUT2D eigenvalue weighted by molar-refractivity contribution is -0.128. The maximum atomic E-state index is 14.4. The van der Waals surface area contributed by atoms with Crippen molar-refractivity contribution in [3.05, 3.63) is 99.1 Å². The molecule has 3 N–H and O–H groups in total. The van der Waals surface area contributed by atoms with Crippen molar-refractivity contribution >= 4 is 29.2 Å². The highest BCUT2D eigenvalue weighted by molar-refractivity contribution is 6.31. The number of nitrogens with zero attached hydrogens (tertiary/aromatic N) is 1. The van der Waals surface area contributed by atoms with Gasteiger partial charge in [-0.1, -0.05) is 48.0 Å². The lowest BCUT2D eigenvalue weighted by Gasteiger charge is -2.33. The average molecular weight is 648 g/mol. The maximum Gasteiger partial charge on any atom is 0.407 e. The molecule has 1 fully saturated rings. The summed E-state index contributed by atoms with van der Waals surface area (Å²) in [6.07, 6.45) is 1.93. The standard InChI is InChI=1S/C36H42ClN3O6/c1-23-5-4-6-24(2)34(23)45-18-17-44-29-12-8-26(9-13-29)30-15-16-39-32(21-41)33(30)35(42)40(28-10-11-28)20-27-19-25(7-14-31(27)37)22-46-36(43)38-3/h4-9,12-14,19,28,32,39,41H,10-11,15-18,20-22H2,1-3H3,(H,38,43)/t32-/m1/s1. The van der Waals surface area contributed by atoms with Gasteiger partial charge >= 0.3 is 6.09 Å². The quantitative estimate of drug-likeness (QED) is 0.208. The average Bonchev–Trinajstić information content (AvgIpc) is 3.91. The summed E-state index contributed by atoms with van der Waals surface area (Å²) in [5.74, 6) is 1.49. The lowest BCUT2D eigenvalue weighted by atomic mass is 9.88. The molecule has 3 aromatic carbocycles. The number of halogens is 1. The Kier molecular flexibility index (Phi) is 11.2. The second-order valence-electron chi connectivity index (χ2n) is 11.7. The van der Waals surface area contributed by atoms with Gasteiger partial charge in [-0.15, -0.1) is 0 Å². The highest BCUT2D eigenvalue weighted by Gasteiger charge is 2.38. The molecule has 0 spiro atoms. The Morgan fingerprint density at radius 2 is 1.74 bits per heavy atom. The topological polar surface area (TPSA) is 109 Å². The van der Waals surface area contributed by atoms with Crippen LogP contribution in [0.4, 0.5) is 4.79 Å². The Hall–Kier alpha value is -4.05. The number of carbonyl (C=O) groups excluding carboxylic acids is 2. The van der Waals surface area contributed by atoms with Crippen LogP contribution < -0.4 is 20.1 Å². The van der Waals surface area contributed by atoms with E-state index in [4.69, 9.17) is 25.8 Å². The van der Waals surface area contributed by atoms with Gasteiger partial charge in [0.25, 0.3) is 5.91 Å². The Bertz CT molecular complexity index is 1550. The van der Waals surface area contributed by atoms with Gasteiger partial charge < -0.3 is 34.9 Å². The molecule has 46 heavy (non-hydrogen) atoms. The van der Waals surface area contributed by atoms with E-state index in [2.05, 4.69) is 10.6 Å². The van der Waals surface area contributed by atoms with Crippen LogP contribution in [0, 0.1) is 13.8 Å². The van der Waals surface area contributed by atoms with Crippen LogP contribution in [0.5, 0.6) is 11.5 Å². The van der Waals surface area contributed by atoms with E-state index in [1.807, 2.05) is 67.3 Å². The van der Waals surface area contributed by atoms with Crippen LogP contribution in [0.3, 0.4) is 0 Å². The highest BCUT2D eigenvalue weighted by Crippen LogP contribution is 2.36. The number of nitrogens with one attached hydrogen (secondary N) is 2. The molecule has 9 nitrogen and oxygen atoms in total. The first-order valence-corrected chi connectivity index (χ1v) is 16.1. The van der Waals surface area contributed by atoms with Gasteiger partial charge in [-0.25, -0.2) is 4.79 Å². The number of ether oxygens (including phenoxy) is 3. The van der Waals surface area contributed by atoms with Crippen molar-refractivity contribution in [1.82, 2.24) is 15.5 Å². The number of alkyl carbamates (subject to hydrolysis) is 1. The van der Waals surface area contributed by atoms with Gasteiger partial charge in [0, 0.05) is 30.2 Å². The van der Waals surface area contributed by atoms with Crippen molar-refractivity contribution in [2.45, 2.75) is 58.3 Å². The summed E-state index contributed by atoms with van der Waals surface area (Å²) in [4.78, 5) is 27.8. The predicted octanol–water partition coefficient (Wildman–Crippen LogP) is 5.57. The fourth-order valence-corrected chi connectivity index (χ4v) is 5.96. The molecule has 0 unspecified atom stereocenters. The molecular formula is C36H42ClN3O6. The van der Waals surface area contributed by atoms with E-state index < -0.39 is 12.1 Å². The van der Waals surface area contributed by atoms with E-state index in [-0.39, 0.29) is 25.2 Å². The Morgan fingerprint density at radius 3 is 2.41 bits per heavy atom. The van der Waals surface area contributed by atoms with Crippen LogP contribution in [-0.4, -0.2) is 67.5 Å². The van der Waals surface area contributed by atoms with Crippen LogP contribution in [0.25, 0.3) is 5.57 Å². The predicted molar refractivity (Wildman–Crippen MR) is 178 cm³/mol. The number of aryl methyl sites for hydroxylation is 2. The zero-order chi connectivity index (χ0) is 32.6. The zero-order valence-corrected chi connectivity index (χ0v) is 27.4. The van der Waals surface area contributed by atoms with Crippen molar-refractivity contribution < 1.29 is 28.9 Å². The fraction of sp³-hybridized carbons (Fsp3) is 0.389. The minimum atomic E-state index is -0.521. The first-order valence-electron chi connectivity index (χ1n) is 15.7. The molecule has 0 saturated heterocycles. The number of hydrogen-bond donors (Lipinski definition) is 3. The Labute approximate surface area is 275 Å². The number of rotatable bonds is 13. The normalized spacial score (nSPS) is 16.2. The molecule has 3 aromatic rings. The van der Waals surface area contributed by atoms with E-state index >= 15 is 0 Å². The first-order chi connectivity index (χ1) is 22.3. The van der Waals surface area contributed by atoms with Crippen LogP contribution >= 0.6 is 11.6 Å². The SMILES string of the molecule is CNC(=O)OCc1ccc(Cl)c(CN(C(=O)C2=C(c3ccc(OCCOc4c(C)cccc4C)cc3)CCN[C@@H]2CO)C2CC2)c1. The summed E-state index contributed by atoms with van der Waals surface area (Å²) in [6.45, 7) is 5.72. The van der Waals surface area contributed by atoms with Crippen LogP contribution in [-0.2, 0) is 22.7 Å². The van der Waals surface area contributed by atoms with Gasteiger partial charge in [-0.3, -0.25) is 4.79 Å². The Morgan fingerprint density at radius 1 is 1.02 bits per heavy atom.